The van der Waals surface area contributed by atoms with Gasteiger partial charge in [-0.1, -0.05) is 133 Å². The molecule has 10 aromatic rings. The molecule has 8 unspecified atom stereocenters. The number of oxime groups is 1. The van der Waals surface area contributed by atoms with Gasteiger partial charge in [-0.15, -0.1) is 35.7 Å². The van der Waals surface area contributed by atoms with E-state index in [4.69, 9.17) is 34.1 Å². The summed E-state index contributed by atoms with van der Waals surface area (Å²) >= 11 is 11.6. The fourth-order valence-corrected chi connectivity index (χ4v) is 19.1. The summed E-state index contributed by atoms with van der Waals surface area (Å²) in [7, 11) is -2.95. The zero-order valence-corrected chi connectivity index (χ0v) is 76.0. The fraction of sp³-hybridized carbons (Fsp3) is 0.437. The van der Waals surface area contributed by atoms with Crippen molar-refractivity contribution in [2.75, 3.05) is 61.8 Å². The molecule has 5 aromatic heterocycles. The van der Waals surface area contributed by atoms with Crippen LogP contribution in [0.4, 0.5) is 0 Å². The van der Waals surface area contributed by atoms with Crippen molar-refractivity contribution in [3.8, 4) is 0 Å². The van der Waals surface area contributed by atoms with Crippen LogP contribution in [0.15, 0.2) is 188 Å². The third-order valence-corrected chi connectivity index (χ3v) is 25.1. The molecule has 0 saturated carbocycles. The van der Waals surface area contributed by atoms with Gasteiger partial charge < -0.3 is 39.3 Å². The number of ketones is 1. The fourth-order valence-electron chi connectivity index (χ4n) is 13.5. The number of para-hydroxylation sites is 5. The number of aromatic nitrogens is 5. The Morgan fingerprint density at radius 3 is 1.18 bits per heavy atom. The Kier molecular flexibility index (Phi) is 55.8. The number of nitrogens with one attached hydrogen (secondary N) is 1. The summed E-state index contributed by atoms with van der Waals surface area (Å²) in [4.78, 5) is 55.8. The van der Waals surface area contributed by atoms with Gasteiger partial charge >= 0.3 is 49.4 Å². The van der Waals surface area contributed by atoms with E-state index < -0.39 is 22.0 Å². The molecule has 10 heterocycles. The van der Waals surface area contributed by atoms with E-state index in [1.54, 1.807) is 53.1 Å². The van der Waals surface area contributed by atoms with Crippen molar-refractivity contribution >= 4 is 200 Å². The van der Waals surface area contributed by atoms with Gasteiger partial charge in [-0.2, -0.15) is 40.8 Å². The Balaban J connectivity index is 0.000000381. The van der Waals surface area contributed by atoms with Crippen LogP contribution in [0.3, 0.4) is 0 Å². The summed E-state index contributed by atoms with van der Waals surface area (Å²) in [5.74, 6) is 9.17. The van der Waals surface area contributed by atoms with Gasteiger partial charge in [0.25, 0.3) is 0 Å². The number of halogens is 3. The van der Waals surface area contributed by atoms with Crippen molar-refractivity contribution < 1.29 is 82.0 Å². The van der Waals surface area contributed by atoms with E-state index in [1.165, 1.54) is 22.7 Å². The Labute approximate surface area is 776 Å². The van der Waals surface area contributed by atoms with Crippen LogP contribution in [0, 0.1) is 0 Å². The first-order valence-corrected chi connectivity index (χ1v) is 53.1. The molecule has 0 aliphatic carbocycles. The molecular formula is C87H119I3N10O15S5V. The van der Waals surface area contributed by atoms with E-state index >= 15 is 0 Å². The second-order valence-corrected chi connectivity index (χ2v) is 45.3. The molecule has 5 saturated heterocycles. The van der Waals surface area contributed by atoms with Gasteiger partial charge in [0.15, 0.2) is 15.6 Å². The van der Waals surface area contributed by atoms with Crippen LogP contribution in [-0.4, -0.2) is 204 Å². The minimum atomic E-state index is -3.58. The average molecular weight is 2140 g/mol. The van der Waals surface area contributed by atoms with Gasteiger partial charge in [0.1, 0.15) is 6.10 Å². The Morgan fingerprint density at radius 2 is 0.818 bits per heavy atom. The maximum atomic E-state index is 12.6. The average Bonchev–Trinajstić information content (AvgIpc) is 1.50. The number of hydroxylamine groups is 5. The number of sulfone groups is 1. The Hall–Kier alpha value is -5.09. The van der Waals surface area contributed by atoms with E-state index in [2.05, 4.69) is 124 Å². The monoisotopic (exact) mass is 2140 g/mol. The quantitative estimate of drug-likeness (QED) is 0.00549. The summed E-state index contributed by atoms with van der Waals surface area (Å²) < 4.78 is 52.8. The van der Waals surface area contributed by atoms with Crippen molar-refractivity contribution in [2.24, 2.45) is 11.1 Å². The first-order chi connectivity index (χ1) is 56.2. The maximum absolute atomic E-state index is 12.6. The zero-order valence-electron chi connectivity index (χ0n) is 63.9. The number of hydrogen-bond donors (Lipinski definition) is 7. The van der Waals surface area contributed by atoms with E-state index in [0.717, 1.165) is 177 Å². The molecule has 2 amide bonds. The number of carbonyl (C=O) groups is 3. The number of Topliss-reactive ketones (excluding diaryl/α,β-unsaturated/α-hetero) is 1. The number of hydrogen-bond acceptors (Lipinski definition) is 27. The number of nitrogens with two attached hydrogens (primary N) is 1. The number of amides is 2. The third-order valence-electron chi connectivity index (χ3n) is 19.2. The number of pyridine rings is 5. The second kappa shape index (κ2) is 61.3. The van der Waals surface area contributed by atoms with Crippen molar-refractivity contribution in [3.63, 3.8) is 0 Å². The molecule has 5 aliphatic rings. The number of thioether (sulfide) groups is 4. The molecule has 34 heteroatoms. The summed E-state index contributed by atoms with van der Waals surface area (Å²) in [6, 6.07) is 49.0. The van der Waals surface area contributed by atoms with Crippen molar-refractivity contribution in [1.29, 1.82) is 0 Å². The van der Waals surface area contributed by atoms with Gasteiger partial charge in [0, 0.05) is 131 Å². The molecule has 25 nitrogen and oxygen atoms in total. The molecule has 663 valence electrons. The van der Waals surface area contributed by atoms with E-state index in [0.29, 0.717) is 63.4 Å². The molecular weight excluding hydrogens is 2020 g/mol. The van der Waals surface area contributed by atoms with Crippen LogP contribution in [0.5, 0.6) is 0 Å². The number of rotatable bonds is 30. The van der Waals surface area contributed by atoms with Gasteiger partial charge in [0.05, 0.1) is 93.1 Å². The van der Waals surface area contributed by atoms with Crippen LogP contribution in [0.1, 0.15) is 129 Å². The van der Waals surface area contributed by atoms with Crippen LogP contribution < -0.4 is 11.4 Å². The normalized spacial score (nSPS) is 17.5. The van der Waals surface area contributed by atoms with E-state index in [9.17, 15) is 38.4 Å². The van der Waals surface area contributed by atoms with E-state index in [1.807, 2.05) is 128 Å². The van der Waals surface area contributed by atoms with Crippen LogP contribution in [0.25, 0.3) is 54.5 Å². The Bertz CT molecular complexity index is 4760. The molecule has 5 aromatic carbocycles. The van der Waals surface area contributed by atoms with Crippen molar-refractivity contribution in [1.82, 2.24) is 40.5 Å². The first kappa shape index (κ1) is 110. The molecule has 15 rings (SSSR count). The summed E-state index contributed by atoms with van der Waals surface area (Å²) in [5.41, 5.74) is 13.2. The third kappa shape index (κ3) is 36.7. The predicted octanol–water partition coefficient (Wildman–Crippen LogP) is 19.0. The molecule has 0 spiro atoms. The van der Waals surface area contributed by atoms with E-state index in [-0.39, 0.29) is 121 Å². The first-order valence-electron chi connectivity index (χ1n) is 37.7. The molecule has 0 bridgehead atoms. The summed E-state index contributed by atoms with van der Waals surface area (Å²) in [6.45, 7) is 3.51. The van der Waals surface area contributed by atoms with Gasteiger partial charge in [0.2, 0.25) is 12.8 Å². The zero-order chi connectivity index (χ0) is 81.4. The predicted molar refractivity (Wildman–Crippen MR) is 519 cm³/mol. The number of carbonyl (C=O) groups excluding carboxylic acids is 3. The molecule has 5 fully saturated rings. The van der Waals surface area contributed by atoms with Gasteiger partial charge in [-0.25, -0.2) is 24.4 Å². The van der Waals surface area contributed by atoms with Crippen LogP contribution >= 0.6 is 111 Å². The van der Waals surface area contributed by atoms with Crippen molar-refractivity contribution in [3.05, 3.63) is 210 Å². The number of benzene rings is 5. The SMILES string of the molecule is C.C.C.C.C.I.NO.O=C(CSCc1cnc2ccccc2c1)C1CCCO1.O=CN(O)C(CS(=O)(=O)Cc1cnc2ccccc2c1)C1CCCO1.O=CN(O)C(CSCc1cnc2ccccc2c1)C1CCCO1.ON=C(CSCc1cnc2ccccc2c1)C1CCCO1.ONC(CSCc1cnc2ccccc2c1)C1CCCO1.[I][V][I]. The topological polar surface area (TPSA) is 354 Å². The molecule has 0 radical (unpaired) electrons. The summed E-state index contributed by atoms with van der Waals surface area (Å²) in [5, 5.41) is 54.4. The van der Waals surface area contributed by atoms with Crippen molar-refractivity contribution in [2.45, 2.75) is 179 Å². The second-order valence-electron chi connectivity index (χ2n) is 27.4. The molecule has 121 heavy (non-hydrogen) atoms. The summed E-state index contributed by atoms with van der Waals surface area (Å²) in [6.07, 6.45) is 18.5. The van der Waals surface area contributed by atoms with Gasteiger partial charge in [-0.05, 0) is 153 Å². The molecule has 8 N–H and O–H groups in total. The Morgan fingerprint density at radius 1 is 0.496 bits per heavy atom. The number of fused-ring (bicyclic) bond motifs is 5. The standard InChI is InChI=1S/C17H20N2O5S.C17H20N2O3S.C16H20N2O2S.C16H18N2O2S.C16H17NO2S.5CH4.3HI.H3NO.V/c20-12-19(21)16(17-6-3-7-24-17)11-25(22,23)10-13-8-14-4-1-2-5-15(14)18-9-13;20-12-19(21)16(17-6-3-7-22-17)11-23-10-13-8-14-4-1-2-5-15(14)18-9-13;2*19-18-15(16-6-3-7-20-16)11-21-10-12-8-13-4-1-2-5-14(13)17-9-12;18-15(16-6-3-7-19-16)11-20-10-12-8-13-4-1-2-5-14(13)17-9-12;;;;;;;;;1-2;/h1-2,4-5,8-9,12,16-17,21H,3,6-7,10-11H2;1-2,4-5,8-9,12,16-17,21H,3,6-7,10-11H2;1-2,4-5,8-9,15-16,18-19H,3,6-7,10-11H2;1-2,4-5,8-9,16,19H,3,6-7,10-11H2;1-2,4-5,8-9,16H,3,6-7,10-11H2;5*1H4;3*1H;2H,1H2;/q;;;;;;;;;;;;;;+2/p-2. The van der Waals surface area contributed by atoms with Gasteiger partial charge in [-0.3, -0.25) is 49.7 Å². The van der Waals surface area contributed by atoms with Crippen LogP contribution in [0.2, 0.25) is 0 Å². The molecule has 8 atom stereocenters. The molecule has 5 aliphatic heterocycles. The number of nitrogens with zero attached hydrogens (tertiary/aromatic N) is 8. The van der Waals surface area contributed by atoms with Crippen LogP contribution in [-0.2, 0) is 86.1 Å². The number of ether oxygens (including phenoxy) is 5. The minimum absolute atomic E-state index is 0.